The van der Waals surface area contributed by atoms with Crippen molar-refractivity contribution in [2.24, 2.45) is 5.92 Å². The zero-order valence-corrected chi connectivity index (χ0v) is 33.2. The van der Waals surface area contributed by atoms with Crippen molar-refractivity contribution in [2.75, 3.05) is 6.54 Å². The van der Waals surface area contributed by atoms with Crippen LogP contribution in [0.3, 0.4) is 0 Å². The first-order chi connectivity index (χ1) is 27.0. The van der Waals surface area contributed by atoms with E-state index in [1.54, 1.807) is 6.92 Å². The van der Waals surface area contributed by atoms with E-state index in [4.69, 9.17) is 14.5 Å². The second-order valence-corrected chi connectivity index (χ2v) is 19.6. The van der Waals surface area contributed by atoms with Crippen molar-refractivity contribution in [3.8, 4) is 5.75 Å². The van der Waals surface area contributed by atoms with Crippen LogP contribution in [0.1, 0.15) is 108 Å². The molecule has 13 nitrogen and oxygen atoms in total. The largest absolute Gasteiger partial charge is 0.483 e. The SMILES string of the molecule is Cc1nc2ccccc2c2c1O[C@]1(CC2)C[C@H]2C(=O)N[C@]3(C(=O)NS(=O)(=O)C4(C)CC4)CC3/C=C\CCCCC[C@H](NC(=O)OC3CCC(F)(F)CC3)C(=O)N2C1. The van der Waals surface area contributed by atoms with Crippen molar-refractivity contribution < 1.29 is 45.9 Å². The third kappa shape index (κ3) is 7.70. The fraction of sp³-hybridized carbons (Fsp3) is 0.634. The number of ether oxygens (including phenoxy) is 2. The van der Waals surface area contributed by atoms with Gasteiger partial charge in [-0.1, -0.05) is 43.2 Å². The summed E-state index contributed by atoms with van der Waals surface area (Å²) in [5.74, 6) is -4.66. The first kappa shape index (κ1) is 39.5. The van der Waals surface area contributed by atoms with Gasteiger partial charge in [0.25, 0.3) is 5.91 Å². The molecule has 2 aromatic rings. The molecular formula is C41H51F2N5O8S. The van der Waals surface area contributed by atoms with E-state index in [0.29, 0.717) is 56.4 Å². The van der Waals surface area contributed by atoms with Crippen LogP contribution in [0, 0.1) is 12.8 Å². The average molecular weight is 812 g/mol. The number of rotatable bonds is 5. The molecule has 3 N–H and O–H groups in total. The summed E-state index contributed by atoms with van der Waals surface area (Å²) in [6.07, 6.45) is 6.44. The number of carbonyl (C=O) groups is 4. The number of alkyl carbamates (subject to hydrolysis) is 1. The third-order valence-electron chi connectivity index (χ3n) is 13.1. The average Bonchev–Trinajstić information content (AvgIpc) is 4.06. The first-order valence-corrected chi connectivity index (χ1v) is 21.8. The van der Waals surface area contributed by atoms with E-state index in [1.165, 1.54) is 4.90 Å². The lowest BCUT2D eigenvalue weighted by atomic mass is 9.87. The number of allylic oxidation sites excluding steroid dienone is 1. The number of sulfonamides is 1. The van der Waals surface area contributed by atoms with Crippen molar-refractivity contribution in [3.05, 3.63) is 47.7 Å². The van der Waals surface area contributed by atoms with Crippen molar-refractivity contribution in [2.45, 2.75) is 150 Å². The van der Waals surface area contributed by atoms with Crippen molar-refractivity contribution in [1.82, 2.24) is 25.2 Å². The van der Waals surface area contributed by atoms with Gasteiger partial charge in [-0.05, 0) is 84.1 Å². The maximum atomic E-state index is 14.8. The fourth-order valence-electron chi connectivity index (χ4n) is 9.10. The van der Waals surface area contributed by atoms with Crippen molar-refractivity contribution >= 4 is 44.7 Å². The number of benzene rings is 1. The number of nitrogens with zero attached hydrogens (tertiary/aromatic N) is 2. The number of halogens is 2. The Morgan fingerprint density at radius 3 is 2.53 bits per heavy atom. The standard InChI is InChI=1S/C41H51F2N5O8S/c1-25-33-29(28-11-8-9-12-30(28)44-25)16-17-39(56-33)23-32-34(49)46-41(36(51)47-57(53,54)38(2)20-21-38)22-26(41)10-6-4-3-5-7-13-31(35(50)48(32)24-39)45-37(52)55-27-14-18-40(42,43)19-15-27/h6,8-12,26-27,31-32H,3-5,7,13-24H2,1-2H3,(H,45,52)(H,46,49)(H,47,51)/b10-6-/t26?,31-,32-,39+,41+/m0/s1. The van der Waals surface area contributed by atoms with Crippen LogP contribution < -0.4 is 20.1 Å². The van der Waals surface area contributed by atoms with Gasteiger partial charge in [0.05, 0.1) is 22.5 Å². The van der Waals surface area contributed by atoms with Crippen molar-refractivity contribution in [1.29, 1.82) is 0 Å². The normalized spacial score (nSPS) is 31.6. The summed E-state index contributed by atoms with van der Waals surface area (Å²) in [5.41, 5.74) is -0.0844. The van der Waals surface area contributed by atoms with Gasteiger partial charge in [-0.15, -0.1) is 0 Å². The van der Waals surface area contributed by atoms with Crippen LogP contribution in [-0.4, -0.2) is 88.7 Å². The summed E-state index contributed by atoms with van der Waals surface area (Å²) in [6.45, 7) is 3.43. The molecule has 3 saturated carbocycles. The molecule has 1 aromatic heterocycles. The maximum absolute atomic E-state index is 14.8. The highest BCUT2D eigenvalue weighted by atomic mass is 32.2. The summed E-state index contributed by atoms with van der Waals surface area (Å²) >= 11 is 0. The van der Waals surface area contributed by atoms with E-state index in [1.807, 2.05) is 43.3 Å². The predicted octanol–water partition coefficient (Wildman–Crippen LogP) is 5.27. The first-order valence-electron chi connectivity index (χ1n) is 20.3. The smallest absolute Gasteiger partial charge is 0.408 e. The highest BCUT2D eigenvalue weighted by molar-refractivity contribution is 7.91. The Labute approximate surface area is 331 Å². The molecule has 16 heteroatoms. The van der Waals surface area contributed by atoms with Crippen LogP contribution in [0.15, 0.2) is 36.4 Å². The molecule has 1 unspecified atom stereocenters. The summed E-state index contributed by atoms with van der Waals surface area (Å²) in [4.78, 5) is 62.9. The van der Waals surface area contributed by atoms with Gasteiger partial charge < -0.3 is 25.0 Å². The molecule has 0 radical (unpaired) electrons. The Kier molecular flexibility index (Phi) is 10.0. The number of nitrogens with one attached hydrogen (secondary N) is 3. The van der Waals surface area contributed by atoms with E-state index in [2.05, 4.69) is 15.4 Å². The van der Waals surface area contributed by atoms with Gasteiger partial charge in [-0.3, -0.25) is 19.1 Å². The van der Waals surface area contributed by atoms with Crippen LogP contribution in [0.2, 0.25) is 0 Å². The Morgan fingerprint density at radius 2 is 1.77 bits per heavy atom. The highest BCUT2D eigenvalue weighted by Gasteiger charge is 2.64. The molecule has 1 aromatic carbocycles. The molecular weight excluding hydrogens is 761 g/mol. The number of aryl methyl sites for hydroxylation is 2. The van der Waals surface area contributed by atoms with Crippen LogP contribution in [-0.2, 0) is 35.6 Å². The second-order valence-electron chi connectivity index (χ2n) is 17.4. The number of hydrogen-bond donors (Lipinski definition) is 3. The van der Waals surface area contributed by atoms with Gasteiger partial charge in [0.2, 0.25) is 27.8 Å². The van der Waals surface area contributed by atoms with Crippen molar-refractivity contribution in [3.63, 3.8) is 0 Å². The summed E-state index contributed by atoms with van der Waals surface area (Å²) < 4.78 is 67.7. The number of carbonyl (C=O) groups excluding carboxylic acids is 4. The second kappa shape index (κ2) is 14.5. The molecule has 1 spiro atoms. The van der Waals surface area contributed by atoms with Crippen LogP contribution in [0.25, 0.3) is 10.9 Å². The lowest BCUT2D eigenvalue weighted by Gasteiger charge is -2.36. The minimum atomic E-state index is -4.02. The van der Waals surface area contributed by atoms with Gasteiger partial charge in [0, 0.05) is 36.1 Å². The molecule has 57 heavy (non-hydrogen) atoms. The minimum Gasteiger partial charge on any atom is -0.483 e. The number of fused-ring (bicyclic) bond motifs is 5. The van der Waals surface area contributed by atoms with Gasteiger partial charge in [0.15, 0.2) is 0 Å². The Bertz CT molecular complexity index is 2120. The van der Waals surface area contributed by atoms with E-state index in [0.717, 1.165) is 22.9 Å². The molecule has 0 bridgehead atoms. The third-order valence-corrected chi connectivity index (χ3v) is 15.3. The Hall–Kier alpha value is -4.34. The maximum Gasteiger partial charge on any atom is 0.408 e. The van der Waals surface area contributed by atoms with Gasteiger partial charge in [-0.25, -0.2) is 27.0 Å². The number of para-hydroxylation sites is 1. The number of amides is 4. The van der Waals surface area contributed by atoms with Crippen LogP contribution in [0.4, 0.5) is 13.6 Å². The monoisotopic (exact) mass is 811 g/mol. The van der Waals surface area contributed by atoms with E-state index < -0.39 is 92.6 Å². The Balaban J connectivity index is 1.10. The van der Waals surface area contributed by atoms with Crippen LogP contribution >= 0.6 is 0 Å². The summed E-state index contributed by atoms with van der Waals surface area (Å²) in [5, 5.41) is 6.58. The van der Waals surface area contributed by atoms with Gasteiger partial charge >= 0.3 is 6.09 Å². The molecule has 1 saturated heterocycles. The van der Waals surface area contributed by atoms with Gasteiger partial charge in [0.1, 0.15) is 35.1 Å². The number of pyridine rings is 1. The quantitative estimate of drug-likeness (QED) is 0.340. The lowest BCUT2D eigenvalue weighted by molar-refractivity contribution is -0.141. The highest BCUT2D eigenvalue weighted by Crippen LogP contribution is 2.49. The predicted molar refractivity (Wildman–Crippen MR) is 205 cm³/mol. The molecule has 8 rings (SSSR count). The summed E-state index contributed by atoms with van der Waals surface area (Å²) in [7, 11) is -4.02. The number of hydrogen-bond acceptors (Lipinski definition) is 9. The molecule has 4 heterocycles. The zero-order chi connectivity index (χ0) is 40.4. The van der Waals surface area contributed by atoms with Gasteiger partial charge in [-0.2, -0.15) is 0 Å². The minimum absolute atomic E-state index is 0.00266. The van der Waals surface area contributed by atoms with E-state index >= 15 is 0 Å². The van der Waals surface area contributed by atoms with E-state index in [9.17, 15) is 36.4 Å². The molecule has 4 fully saturated rings. The number of alkyl halides is 2. The molecule has 3 aliphatic carbocycles. The molecule has 5 atom stereocenters. The zero-order valence-electron chi connectivity index (χ0n) is 32.4. The van der Waals surface area contributed by atoms with Crippen LogP contribution in [0.5, 0.6) is 5.75 Å². The summed E-state index contributed by atoms with van der Waals surface area (Å²) in [6, 6.07) is 5.52. The number of aromatic nitrogens is 1. The molecule has 308 valence electrons. The fourth-order valence-corrected chi connectivity index (χ4v) is 10.4. The molecule has 6 aliphatic rings. The molecule has 4 amide bonds. The van der Waals surface area contributed by atoms with E-state index in [-0.39, 0.29) is 38.6 Å². The molecule has 3 aliphatic heterocycles. The lowest BCUT2D eigenvalue weighted by Crippen LogP contribution is -2.58. The Morgan fingerprint density at radius 1 is 1.02 bits per heavy atom. The topological polar surface area (TPSA) is 173 Å².